The predicted octanol–water partition coefficient (Wildman–Crippen LogP) is 3.95. The molecular weight excluding hydrogens is 244 g/mol. The number of pyridine rings is 1. The van der Waals surface area contributed by atoms with Gasteiger partial charge in [0.1, 0.15) is 0 Å². The fraction of sp³-hybridized carbons (Fsp3) is 0.722. The topological polar surface area (TPSA) is 24.9 Å². The van der Waals surface area contributed by atoms with Gasteiger partial charge in [0, 0.05) is 12.2 Å². The van der Waals surface area contributed by atoms with E-state index in [2.05, 4.69) is 29.5 Å². The summed E-state index contributed by atoms with van der Waals surface area (Å²) in [5.41, 5.74) is 1.85. The van der Waals surface area contributed by atoms with Crippen LogP contribution in [0.15, 0.2) is 24.4 Å². The van der Waals surface area contributed by atoms with E-state index >= 15 is 0 Å². The van der Waals surface area contributed by atoms with Crippen LogP contribution in [0.3, 0.4) is 0 Å². The Morgan fingerprint density at radius 1 is 1.15 bits per heavy atom. The molecule has 20 heavy (non-hydrogen) atoms. The average molecular weight is 270 g/mol. The molecule has 0 amide bonds. The maximum Gasteiger partial charge on any atom is 0.0573 e. The summed E-state index contributed by atoms with van der Waals surface area (Å²) in [5, 5.41) is 3.53. The van der Waals surface area contributed by atoms with E-state index in [0.29, 0.717) is 11.5 Å². The lowest BCUT2D eigenvalue weighted by Crippen LogP contribution is -2.47. The molecule has 1 aromatic rings. The van der Waals surface area contributed by atoms with Crippen molar-refractivity contribution in [3.63, 3.8) is 0 Å². The average Bonchev–Trinajstić information content (AvgIpc) is 2.44. The van der Waals surface area contributed by atoms with Crippen molar-refractivity contribution in [2.75, 3.05) is 7.05 Å². The van der Waals surface area contributed by atoms with Crippen molar-refractivity contribution in [1.82, 2.24) is 10.3 Å². The van der Waals surface area contributed by atoms with Crippen LogP contribution in [0, 0.1) is 23.2 Å². The molecular formula is C18H26N2. The molecule has 1 N–H and O–H groups in total. The predicted molar refractivity (Wildman–Crippen MR) is 81.3 cm³/mol. The third kappa shape index (κ3) is 2.18. The van der Waals surface area contributed by atoms with Crippen molar-refractivity contribution >= 4 is 0 Å². The van der Waals surface area contributed by atoms with Gasteiger partial charge in [-0.2, -0.15) is 0 Å². The van der Waals surface area contributed by atoms with Crippen LogP contribution in [-0.4, -0.2) is 12.0 Å². The van der Waals surface area contributed by atoms with E-state index in [1.807, 2.05) is 12.3 Å². The van der Waals surface area contributed by atoms with Crippen molar-refractivity contribution in [2.24, 2.45) is 23.2 Å². The first-order valence-corrected chi connectivity index (χ1v) is 8.34. The van der Waals surface area contributed by atoms with E-state index in [-0.39, 0.29) is 0 Å². The maximum atomic E-state index is 4.59. The molecule has 2 nitrogen and oxygen atoms in total. The second-order valence-electron chi connectivity index (χ2n) is 7.72. The zero-order chi connectivity index (χ0) is 13.6. The van der Waals surface area contributed by atoms with Crippen LogP contribution in [0.5, 0.6) is 0 Å². The first-order chi connectivity index (χ1) is 9.76. The minimum atomic E-state index is 0.437. The fourth-order valence-electron chi connectivity index (χ4n) is 5.91. The third-order valence-electron chi connectivity index (χ3n) is 6.20. The lowest BCUT2D eigenvalue weighted by atomic mass is 9.48. The van der Waals surface area contributed by atoms with E-state index in [1.165, 1.54) is 50.6 Å². The Kier molecular flexibility index (Phi) is 3.10. The quantitative estimate of drug-likeness (QED) is 0.896. The Labute approximate surface area is 122 Å². The van der Waals surface area contributed by atoms with Gasteiger partial charge in [-0.3, -0.25) is 4.98 Å². The van der Waals surface area contributed by atoms with Crippen molar-refractivity contribution in [3.05, 3.63) is 30.1 Å². The van der Waals surface area contributed by atoms with Crippen LogP contribution >= 0.6 is 0 Å². The standard InChI is InChI=1S/C18H26N2/c1-19-17(16-4-2-3-5-20-16)12-18-9-13-6-14(10-18)8-15(7-13)11-18/h2-5,13-15,17,19H,6-12H2,1H3. The molecule has 1 heterocycles. The normalized spacial score (nSPS) is 40.0. The highest BCUT2D eigenvalue weighted by Gasteiger charge is 2.51. The van der Waals surface area contributed by atoms with Crippen LogP contribution in [0.1, 0.15) is 56.7 Å². The second-order valence-corrected chi connectivity index (χ2v) is 7.72. The van der Waals surface area contributed by atoms with Gasteiger partial charge >= 0.3 is 0 Å². The minimum Gasteiger partial charge on any atom is -0.312 e. The molecule has 2 heteroatoms. The summed E-state index contributed by atoms with van der Waals surface area (Å²) in [6, 6.07) is 6.75. The van der Waals surface area contributed by atoms with Gasteiger partial charge in [-0.1, -0.05) is 6.07 Å². The smallest absolute Gasteiger partial charge is 0.0573 e. The van der Waals surface area contributed by atoms with Gasteiger partial charge in [-0.15, -0.1) is 0 Å². The molecule has 1 unspecified atom stereocenters. The molecule has 0 aliphatic heterocycles. The summed E-state index contributed by atoms with van der Waals surface area (Å²) in [4.78, 5) is 4.59. The van der Waals surface area contributed by atoms with Crippen molar-refractivity contribution in [3.8, 4) is 0 Å². The third-order valence-corrected chi connectivity index (χ3v) is 6.20. The number of nitrogens with one attached hydrogen (secondary N) is 1. The summed E-state index contributed by atoms with van der Waals surface area (Å²) in [6.07, 6.45) is 12.3. The molecule has 4 saturated carbocycles. The summed E-state index contributed by atoms with van der Waals surface area (Å²) in [7, 11) is 2.10. The Balaban J connectivity index is 1.55. The van der Waals surface area contributed by atoms with Gasteiger partial charge in [0.2, 0.25) is 0 Å². The number of rotatable bonds is 4. The van der Waals surface area contributed by atoms with Gasteiger partial charge in [0.25, 0.3) is 0 Å². The Hall–Kier alpha value is -0.890. The molecule has 4 fully saturated rings. The summed E-state index contributed by atoms with van der Waals surface area (Å²) in [5.74, 6) is 3.13. The highest BCUT2D eigenvalue weighted by molar-refractivity contribution is 5.11. The van der Waals surface area contributed by atoms with Gasteiger partial charge in [-0.05, 0) is 87.3 Å². The van der Waals surface area contributed by atoms with Crippen LogP contribution in [0.25, 0.3) is 0 Å². The van der Waals surface area contributed by atoms with E-state index in [4.69, 9.17) is 0 Å². The van der Waals surface area contributed by atoms with Crippen molar-refractivity contribution < 1.29 is 0 Å². The Bertz CT molecular complexity index is 432. The molecule has 0 saturated heterocycles. The lowest BCUT2D eigenvalue weighted by Gasteiger charge is -2.57. The summed E-state index contributed by atoms with van der Waals surface area (Å²) >= 11 is 0. The molecule has 0 spiro atoms. The molecule has 4 aliphatic carbocycles. The SMILES string of the molecule is CNC(CC12CC3CC(CC(C3)C1)C2)c1ccccn1. The van der Waals surface area contributed by atoms with Crippen LogP contribution in [-0.2, 0) is 0 Å². The van der Waals surface area contributed by atoms with E-state index in [1.54, 1.807) is 0 Å². The number of nitrogens with zero attached hydrogens (tertiary/aromatic N) is 1. The molecule has 4 aliphatic rings. The molecule has 0 aromatic carbocycles. The molecule has 1 atom stereocenters. The second kappa shape index (κ2) is 4.84. The molecule has 1 aromatic heterocycles. The van der Waals surface area contributed by atoms with Crippen LogP contribution < -0.4 is 5.32 Å². The zero-order valence-corrected chi connectivity index (χ0v) is 12.5. The highest BCUT2D eigenvalue weighted by atomic mass is 14.9. The van der Waals surface area contributed by atoms with E-state index in [9.17, 15) is 0 Å². The minimum absolute atomic E-state index is 0.437. The van der Waals surface area contributed by atoms with Gasteiger partial charge in [0.15, 0.2) is 0 Å². The Morgan fingerprint density at radius 3 is 2.30 bits per heavy atom. The molecule has 5 rings (SSSR count). The Morgan fingerprint density at radius 2 is 1.80 bits per heavy atom. The largest absolute Gasteiger partial charge is 0.312 e. The van der Waals surface area contributed by atoms with Crippen LogP contribution in [0.2, 0.25) is 0 Å². The van der Waals surface area contributed by atoms with Gasteiger partial charge in [0.05, 0.1) is 5.69 Å². The van der Waals surface area contributed by atoms with E-state index < -0.39 is 0 Å². The summed E-state index contributed by atoms with van der Waals surface area (Å²) < 4.78 is 0. The van der Waals surface area contributed by atoms with Gasteiger partial charge in [-0.25, -0.2) is 0 Å². The van der Waals surface area contributed by atoms with Crippen LogP contribution in [0.4, 0.5) is 0 Å². The molecule has 108 valence electrons. The lowest BCUT2D eigenvalue weighted by molar-refractivity contribution is -0.0621. The summed E-state index contributed by atoms with van der Waals surface area (Å²) in [6.45, 7) is 0. The molecule has 4 bridgehead atoms. The maximum absolute atomic E-state index is 4.59. The first kappa shape index (κ1) is 12.8. The first-order valence-electron chi connectivity index (χ1n) is 8.34. The fourth-order valence-corrected chi connectivity index (χ4v) is 5.91. The highest BCUT2D eigenvalue weighted by Crippen LogP contribution is 2.62. The number of aromatic nitrogens is 1. The van der Waals surface area contributed by atoms with Crippen molar-refractivity contribution in [2.45, 2.75) is 51.0 Å². The number of hydrogen-bond acceptors (Lipinski definition) is 2. The monoisotopic (exact) mass is 270 g/mol. The van der Waals surface area contributed by atoms with E-state index in [0.717, 1.165) is 17.8 Å². The van der Waals surface area contributed by atoms with Gasteiger partial charge < -0.3 is 5.32 Å². The zero-order valence-electron chi connectivity index (χ0n) is 12.5. The molecule has 0 radical (unpaired) electrons. The van der Waals surface area contributed by atoms with Crippen molar-refractivity contribution in [1.29, 1.82) is 0 Å². The number of hydrogen-bond donors (Lipinski definition) is 1.